The van der Waals surface area contributed by atoms with Crippen LogP contribution in [-0.4, -0.2) is 15.8 Å². The van der Waals surface area contributed by atoms with E-state index in [2.05, 4.69) is 9.97 Å². The predicted octanol–water partition coefficient (Wildman–Crippen LogP) is 2.05. The van der Waals surface area contributed by atoms with Gasteiger partial charge in [-0.25, -0.2) is 14.4 Å². The van der Waals surface area contributed by atoms with Crippen LogP contribution in [0.1, 0.15) is 27.4 Å². The Hall–Kier alpha value is -2.30. The number of hydrogen-bond acceptors (Lipinski definition) is 4. The average molecular weight is 245 g/mol. The van der Waals surface area contributed by atoms with Crippen LogP contribution in [0.5, 0.6) is 0 Å². The number of rotatable bonds is 2. The molecule has 2 N–H and O–H groups in total. The molecule has 0 aliphatic heterocycles. The van der Waals surface area contributed by atoms with Crippen molar-refractivity contribution >= 4 is 11.6 Å². The normalized spacial score (nSPS) is 10.4. The van der Waals surface area contributed by atoms with Gasteiger partial charge in [-0.1, -0.05) is 12.1 Å². The van der Waals surface area contributed by atoms with Crippen LogP contribution in [-0.2, 0) is 0 Å². The van der Waals surface area contributed by atoms with E-state index in [0.717, 1.165) is 6.07 Å². The molecular formula is C13H12FN3O. The lowest BCUT2D eigenvalue weighted by atomic mass is 10.1. The van der Waals surface area contributed by atoms with E-state index < -0.39 is 11.6 Å². The predicted molar refractivity (Wildman–Crippen MR) is 65.8 cm³/mol. The van der Waals surface area contributed by atoms with E-state index in [4.69, 9.17) is 5.73 Å². The minimum Gasteiger partial charge on any atom is -0.382 e. The van der Waals surface area contributed by atoms with Gasteiger partial charge in [0.2, 0.25) is 5.78 Å². The number of benzene rings is 1. The zero-order valence-corrected chi connectivity index (χ0v) is 10.1. The minimum atomic E-state index is -0.476. The summed E-state index contributed by atoms with van der Waals surface area (Å²) in [5.41, 5.74) is 7.24. The van der Waals surface area contributed by atoms with Gasteiger partial charge in [-0.05, 0) is 26.0 Å². The molecular weight excluding hydrogens is 233 g/mol. The molecule has 92 valence electrons. The molecule has 2 rings (SSSR count). The summed E-state index contributed by atoms with van der Waals surface area (Å²) >= 11 is 0. The summed E-state index contributed by atoms with van der Waals surface area (Å²) < 4.78 is 13.1. The van der Waals surface area contributed by atoms with Gasteiger partial charge in [0.15, 0.2) is 11.5 Å². The summed E-state index contributed by atoms with van der Waals surface area (Å²) in [5, 5.41) is 0. The summed E-state index contributed by atoms with van der Waals surface area (Å²) in [7, 11) is 0. The lowest BCUT2D eigenvalue weighted by molar-refractivity contribution is 0.103. The Morgan fingerprint density at radius 3 is 2.56 bits per heavy atom. The van der Waals surface area contributed by atoms with Crippen LogP contribution < -0.4 is 5.73 Å². The smallest absolute Gasteiger partial charge is 0.215 e. The molecule has 1 aromatic heterocycles. The molecule has 0 bridgehead atoms. The topological polar surface area (TPSA) is 68.9 Å². The van der Waals surface area contributed by atoms with Crippen LogP contribution in [0.25, 0.3) is 0 Å². The molecule has 0 aliphatic rings. The second-order valence-electron chi connectivity index (χ2n) is 3.97. The first kappa shape index (κ1) is 12.2. The highest BCUT2D eigenvalue weighted by Crippen LogP contribution is 2.15. The van der Waals surface area contributed by atoms with E-state index in [9.17, 15) is 9.18 Å². The van der Waals surface area contributed by atoms with Crippen LogP contribution in [0.3, 0.4) is 0 Å². The molecule has 0 amide bonds. The number of ketones is 1. The summed E-state index contributed by atoms with van der Waals surface area (Å²) in [5.74, 6) is -0.842. The van der Waals surface area contributed by atoms with Gasteiger partial charge in [-0.15, -0.1) is 0 Å². The molecule has 4 nitrogen and oxygen atoms in total. The lowest BCUT2D eigenvalue weighted by Crippen LogP contribution is -2.12. The Morgan fingerprint density at radius 1 is 1.22 bits per heavy atom. The van der Waals surface area contributed by atoms with E-state index in [0.29, 0.717) is 11.4 Å². The van der Waals surface area contributed by atoms with Crippen LogP contribution in [0, 0.1) is 19.7 Å². The number of hydrogen-bond donors (Lipinski definition) is 1. The summed E-state index contributed by atoms with van der Waals surface area (Å²) in [6, 6.07) is 5.40. The summed E-state index contributed by atoms with van der Waals surface area (Å²) in [6.07, 6.45) is 0. The molecule has 0 unspecified atom stereocenters. The molecule has 0 saturated heterocycles. The molecule has 0 spiro atoms. The molecule has 0 atom stereocenters. The van der Waals surface area contributed by atoms with E-state index in [1.807, 2.05) is 0 Å². The third-order valence-electron chi connectivity index (χ3n) is 2.64. The van der Waals surface area contributed by atoms with Crippen molar-refractivity contribution in [2.75, 3.05) is 5.73 Å². The van der Waals surface area contributed by atoms with Gasteiger partial charge in [0.25, 0.3) is 0 Å². The van der Waals surface area contributed by atoms with Crippen molar-refractivity contribution in [3.05, 3.63) is 52.7 Å². The highest BCUT2D eigenvalue weighted by atomic mass is 19.1. The zero-order valence-electron chi connectivity index (χ0n) is 10.1. The Morgan fingerprint density at radius 2 is 1.89 bits per heavy atom. The fourth-order valence-electron chi connectivity index (χ4n) is 1.55. The highest BCUT2D eigenvalue weighted by molar-refractivity contribution is 6.10. The highest BCUT2D eigenvalue weighted by Gasteiger charge is 2.16. The van der Waals surface area contributed by atoms with Crippen LogP contribution in [0.15, 0.2) is 24.3 Å². The van der Waals surface area contributed by atoms with Crippen LogP contribution >= 0.6 is 0 Å². The van der Waals surface area contributed by atoms with E-state index in [1.54, 1.807) is 13.8 Å². The molecule has 18 heavy (non-hydrogen) atoms. The van der Waals surface area contributed by atoms with E-state index in [-0.39, 0.29) is 17.1 Å². The van der Waals surface area contributed by atoms with Gasteiger partial charge in [-0.3, -0.25) is 4.79 Å². The molecule has 1 heterocycles. The Balaban J connectivity index is 2.49. The van der Waals surface area contributed by atoms with Crippen LogP contribution in [0.2, 0.25) is 0 Å². The Kier molecular flexibility index (Phi) is 3.06. The van der Waals surface area contributed by atoms with Crippen molar-refractivity contribution in [1.29, 1.82) is 0 Å². The number of nitrogens with zero attached hydrogens (tertiary/aromatic N) is 2. The first-order valence-electron chi connectivity index (χ1n) is 5.40. The SMILES string of the molecule is Cc1nc(N)c(C(=O)c2cccc(F)c2)nc1C. The van der Waals surface area contributed by atoms with Crippen molar-refractivity contribution in [3.63, 3.8) is 0 Å². The van der Waals surface area contributed by atoms with Crippen molar-refractivity contribution in [2.45, 2.75) is 13.8 Å². The standard InChI is InChI=1S/C13H12FN3O/c1-7-8(2)17-13(15)11(16-7)12(18)9-4-3-5-10(14)6-9/h3-6H,1-2H3,(H2,15,17). The molecule has 2 aromatic rings. The van der Waals surface area contributed by atoms with Gasteiger partial charge < -0.3 is 5.73 Å². The number of halogens is 1. The van der Waals surface area contributed by atoms with Crippen LogP contribution in [0.4, 0.5) is 10.2 Å². The molecule has 1 aromatic carbocycles. The molecule has 5 heteroatoms. The third kappa shape index (κ3) is 2.20. The van der Waals surface area contributed by atoms with Crippen molar-refractivity contribution in [3.8, 4) is 0 Å². The largest absolute Gasteiger partial charge is 0.382 e. The molecule has 0 aliphatic carbocycles. The zero-order chi connectivity index (χ0) is 13.3. The monoisotopic (exact) mass is 245 g/mol. The number of aromatic nitrogens is 2. The van der Waals surface area contributed by atoms with E-state index in [1.165, 1.54) is 18.2 Å². The number of anilines is 1. The second-order valence-corrected chi connectivity index (χ2v) is 3.97. The lowest BCUT2D eigenvalue weighted by Gasteiger charge is -2.06. The van der Waals surface area contributed by atoms with Crippen molar-refractivity contribution in [2.24, 2.45) is 0 Å². The number of nitrogen functional groups attached to an aromatic ring is 1. The third-order valence-corrected chi connectivity index (χ3v) is 2.64. The summed E-state index contributed by atoms with van der Waals surface area (Å²) in [4.78, 5) is 20.3. The van der Waals surface area contributed by atoms with E-state index >= 15 is 0 Å². The number of aryl methyl sites for hydroxylation is 2. The fraction of sp³-hybridized carbons (Fsp3) is 0.154. The second kappa shape index (κ2) is 4.52. The maximum atomic E-state index is 13.1. The maximum absolute atomic E-state index is 13.1. The van der Waals surface area contributed by atoms with Gasteiger partial charge in [0.05, 0.1) is 11.4 Å². The number of nitrogens with two attached hydrogens (primary N) is 1. The van der Waals surface area contributed by atoms with Gasteiger partial charge >= 0.3 is 0 Å². The Labute approximate surface area is 104 Å². The van der Waals surface area contributed by atoms with Gasteiger partial charge in [-0.2, -0.15) is 0 Å². The van der Waals surface area contributed by atoms with Gasteiger partial charge in [0, 0.05) is 5.56 Å². The first-order chi connectivity index (χ1) is 8.49. The maximum Gasteiger partial charge on any atom is 0.215 e. The fourth-order valence-corrected chi connectivity index (χ4v) is 1.55. The molecule has 0 radical (unpaired) electrons. The molecule has 0 fully saturated rings. The number of carbonyl (C=O) groups excluding carboxylic acids is 1. The van der Waals surface area contributed by atoms with Gasteiger partial charge in [0.1, 0.15) is 5.82 Å². The molecule has 0 saturated carbocycles. The first-order valence-corrected chi connectivity index (χ1v) is 5.40. The Bertz CT molecular complexity index is 626. The number of carbonyl (C=O) groups is 1. The van der Waals surface area contributed by atoms with Crippen molar-refractivity contribution in [1.82, 2.24) is 9.97 Å². The van der Waals surface area contributed by atoms with Crippen molar-refractivity contribution < 1.29 is 9.18 Å². The minimum absolute atomic E-state index is 0.0590. The average Bonchev–Trinajstić information content (AvgIpc) is 2.33. The summed E-state index contributed by atoms with van der Waals surface area (Å²) in [6.45, 7) is 3.50. The quantitative estimate of drug-likeness (QED) is 0.822.